The molecule has 5 nitrogen and oxygen atoms in total. The fraction of sp³-hybridized carbons (Fsp3) is 0.889. The zero-order chi connectivity index (χ0) is 16.2. The van der Waals surface area contributed by atoms with Crippen LogP contribution >= 0.6 is 0 Å². The summed E-state index contributed by atoms with van der Waals surface area (Å²) in [5.41, 5.74) is 0. The number of carbonyl (C=O) groups excluding carboxylic acids is 1. The van der Waals surface area contributed by atoms with Gasteiger partial charge in [-0.05, 0) is 31.1 Å². The maximum Gasteiger partial charge on any atom is 0.305 e. The van der Waals surface area contributed by atoms with E-state index in [-0.39, 0.29) is 24.3 Å². The third-order valence-electron chi connectivity index (χ3n) is 5.89. The van der Waals surface area contributed by atoms with E-state index >= 15 is 0 Å². The number of hydrogen-bond acceptors (Lipinski definition) is 3. The predicted octanol–water partition coefficient (Wildman–Crippen LogP) is 2.69. The second-order valence-corrected chi connectivity index (χ2v) is 7.42. The van der Waals surface area contributed by atoms with Crippen molar-refractivity contribution < 1.29 is 19.4 Å². The average Bonchev–Trinajstić information content (AvgIpc) is 3.37. The van der Waals surface area contributed by atoms with Crippen molar-refractivity contribution in [1.29, 1.82) is 0 Å². The molecular weight excluding hydrogens is 294 g/mol. The quantitative estimate of drug-likeness (QED) is 0.816. The molecule has 0 aromatic rings. The van der Waals surface area contributed by atoms with Gasteiger partial charge in [-0.25, -0.2) is 0 Å². The summed E-state index contributed by atoms with van der Waals surface area (Å²) in [5, 5.41) is 8.99. The summed E-state index contributed by atoms with van der Waals surface area (Å²) in [6, 6.07) is 0.170. The van der Waals surface area contributed by atoms with Gasteiger partial charge in [-0.2, -0.15) is 0 Å². The van der Waals surface area contributed by atoms with Gasteiger partial charge >= 0.3 is 5.97 Å². The lowest BCUT2D eigenvalue weighted by molar-refractivity contribution is -0.141. The molecular formula is C18H29NO4. The molecule has 1 saturated heterocycles. The maximum atomic E-state index is 13.0. The van der Waals surface area contributed by atoms with Crippen LogP contribution in [0.1, 0.15) is 57.8 Å². The van der Waals surface area contributed by atoms with E-state index in [0.717, 1.165) is 25.2 Å². The molecule has 1 heterocycles. The van der Waals surface area contributed by atoms with Gasteiger partial charge in [-0.1, -0.05) is 32.1 Å². The van der Waals surface area contributed by atoms with Crippen LogP contribution in [0.2, 0.25) is 0 Å². The fourth-order valence-electron chi connectivity index (χ4n) is 4.48. The van der Waals surface area contributed by atoms with E-state index in [4.69, 9.17) is 9.84 Å². The molecule has 1 amide bonds. The Balaban J connectivity index is 1.59. The van der Waals surface area contributed by atoms with E-state index in [1.54, 1.807) is 0 Å². The first-order valence-electron chi connectivity index (χ1n) is 9.27. The van der Waals surface area contributed by atoms with Crippen molar-refractivity contribution in [2.24, 2.45) is 17.8 Å². The Morgan fingerprint density at radius 3 is 2.39 bits per heavy atom. The summed E-state index contributed by atoms with van der Waals surface area (Å²) in [4.78, 5) is 25.8. The zero-order valence-corrected chi connectivity index (χ0v) is 13.9. The lowest BCUT2D eigenvalue weighted by atomic mass is 9.85. The van der Waals surface area contributed by atoms with Gasteiger partial charge in [-0.3, -0.25) is 9.59 Å². The van der Waals surface area contributed by atoms with Crippen LogP contribution in [0.4, 0.5) is 0 Å². The SMILES string of the molecule is O=C(O)CCN(C(=O)[C@H]1C[C@H]1C1CCCCC1)C1CCOCC1. The second-order valence-electron chi connectivity index (χ2n) is 7.42. The molecule has 0 bridgehead atoms. The van der Waals surface area contributed by atoms with E-state index in [1.807, 2.05) is 4.90 Å². The van der Waals surface area contributed by atoms with Gasteiger partial charge in [0.05, 0.1) is 6.42 Å². The first kappa shape index (κ1) is 16.7. The Labute approximate surface area is 138 Å². The normalized spacial score (nSPS) is 29.2. The molecule has 0 spiro atoms. The monoisotopic (exact) mass is 323 g/mol. The van der Waals surface area contributed by atoms with Gasteiger partial charge in [0, 0.05) is 31.7 Å². The van der Waals surface area contributed by atoms with Crippen molar-refractivity contribution in [2.75, 3.05) is 19.8 Å². The molecule has 0 aromatic heterocycles. The van der Waals surface area contributed by atoms with Crippen LogP contribution in [0.15, 0.2) is 0 Å². The molecule has 130 valence electrons. The molecule has 5 heteroatoms. The molecule has 0 radical (unpaired) electrons. The van der Waals surface area contributed by atoms with E-state index < -0.39 is 5.97 Å². The molecule has 2 saturated carbocycles. The number of hydrogen-bond donors (Lipinski definition) is 1. The van der Waals surface area contributed by atoms with Crippen molar-refractivity contribution in [3.8, 4) is 0 Å². The van der Waals surface area contributed by atoms with Crippen LogP contribution in [-0.4, -0.2) is 47.7 Å². The first-order chi connectivity index (χ1) is 11.2. The van der Waals surface area contributed by atoms with Crippen molar-refractivity contribution >= 4 is 11.9 Å². The third-order valence-corrected chi connectivity index (χ3v) is 5.89. The molecule has 23 heavy (non-hydrogen) atoms. The fourth-order valence-corrected chi connectivity index (χ4v) is 4.48. The van der Waals surface area contributed by atoms with Crippen LogP contribution in [0.3, 0.4) is 0 Å². The summed E-state index contributed by atoms with van der Waals surface area (Å²) in [6.45, 7) is 1.71. The summed E-state index contributed by atoms with van der Waals surface area (Å²) >= 11 is 0. The summed E-state index contributed by atoms with van der Waals surface area (Å²) in [7, 11) is 0. The minimum atomic E-state index is -0.825. The van der Waals surface area contributed by atoms with Gasteiger partial charge in [0.2, 0.25) is 5.91 Å². The number of carboxylic acids is 1. The number of carboxylic acid groups (broad SMARTS) is 1. The average molecular weight is 323 g/mol. The summed E-state index contributed by atoms with van der Waals surface area (Å²) < 4.78 is 5.39. The van der Waals surface area contributed by atoms with Crippen molar-refractivity contribution in [2.45, 2.75) is 63.8 Å². The molecule has 3 fully saturated rings. The first-order valence-corrected chi connectivity index (χ1v) is 9.27. The number of nitrogens with zero attached hydrogens (tertiary/aromatic N) is 1. The number of rotatable bonds is 6. The second kappa shape index (κ2) is 7.65. The van der Waals surface area contributed by atoms with Crippen LogP contribution in [0.5, 0.6) is 0 Å². The Hall–Kier alpha value is -1.10. The number of amides is 1. The van der Waals surface area contributed by atoms with E-state index in [9.17, 15) is 9.59 Å². The summed E-state index contributed by atoms with van der Waals surface area (Å²) in [5.74, 6) is 0.849. The number of ether oxygens (including phenoxy) is 1. The van der Waals surface area contributed by atoms with Crippen LogP contribution < -0.4 is 0 Å². The number of aliphatic carboxylic acids is 1. The highest BCUT2D eigenvalue weighted by Crippen LogP contribution is 2.50. The van der Waals surface area contributed by atoms with Crippen molar-refractivity contribution in [3.63, 3.8) is 0 Å². The van der Waals surface area contributed by atoms with Crippen molar-refractivity contribution in [1.82, 2.24) is 4.90 Å². The Morgan fingerprint density at radius 1 is 1.04 bits per heavy atom. The van der Waals surface area contributed by atoms with Gasteiger partial charge in [0.1, 0.15) is 0 Å². The molecule has 3 rings (SSSR count). The zero-order valence-electron chi connectivity index (χ0n) is 13.9. The molecule has 1 aliphatic heterocycles. The maximum absolute atomic E-state index is 13.0. The molecule has 2 atom stereocenters. The third kappa shape index (κ3) is 4.25. The highest BCUT2D eigenvalue weighted by Gasteiger charge is 2.49. The highest BCUT2D eigenvalue weighted by molar-refractivity contribution is 5.82. The topological polar surface area (TPSA) is 66.8 Å². The number of carbonyl (C=O) groups is 2. The predicted molar refractivity (Wildman–Crippen MR) is 86.0 cm³/mol. The smallest absolute Gasteiger partial charge is 0.305 e. The Kier molecular flexibility index (Phi) is 5.57. The summed E-state index contributed by atoms with van der Waals surface area (Å²) in [6.07, 6.45) is 9.27. The molecule has 0 unspecified atom stereocenters. The Morgan fingerprint density at radius 2 is 1.74 bits per heavy atom. The Bertz CT molecular complexity index is 427. The lowest BCUT2D eigenvalue weighted by Gasteiger charge is -2.34. The van der Waals surface area contributed by atoms with Gasteiger partial charge in [-0.15, -0.1) is 0 Å². The highest BCUT2D eigenvalue weighted by atomic mass is 16.5. The van der Waals surface area contributed by atoms with E-state index in [0.29, 0.717) is 25.7 Å². The molecule has 0 aromatic carbocycles. The standard InChI is InChI=1S/C18H29NO4/c20-17(21)6-9-19(14-7-10-23-11-8-14)18(22)16-12-15(16)13-4-2-1-3-5-13/h13-16H,1-12H2,(H,20,21)/t15-,16-/m0/s1. The van der Waals surface area contributed by atoms with Gasteiger partial charge in [0.25, 0.3) is 0 Å². The molecule has 3 aliphatic rings. The van der Waals surface area contributed by atoms with E-state index in [2.05, 4.69) is 0 Å². The lowest BCUT2D eigenvalue weighted by Crippen LogP contribution is -2.45. The molecule has 2 aliphatic carbocycles. The van der Waals surface area contributed by atoms with Crippen molar-refractivity contribution in [3.05, 3.63) is 0 Å². The van der Waals surface area contributed by atoms with Crippen LogP contribution in [0, 0.1) is 17.8 Å². The largest absolute Gasteiger partial charge is 0.481 e. The minimum Gasteiger partial charge on any atom is -0.481 e. The molecule has 1 N–H and O–H groups in total. The van der Waals surface area contributed by atoms with E-state index in [1.165, 1.54) is 32.1 Å². The minimum absolute atomic E-state index is 0.0455. The van der Waals surface area contributed by atoms with Crippen LogP contribution in [-0.2, 0) is 14.3 Å². The van der Waals surface area contributed by atoms with Gasteiger partial charge in [0.15, 0.2) is 0 Å². The van der Waals surface area contributed by atoms with Crippen LogP contribution in [0.25, 0.3) is 0 Å². The van der Waals surface area contributed by atoms with Gasteiger partial charge < -0.3 is 14.7 Å².